The summed E-state index contributed by atoms with van der Waals surface area (Å²) in [5, 5.41) is 0.399. The number of carbonyl (C=O) groups excluding carboxylic acids is 1. The highest BCUT2D eigenvalue weighted by atomic mass is 35.5. The smallest absolute Gasteiger partial charge is 0.404 e. The van der Waals surface area contributed by atoms with Crippen LogP contribution >= 0.6 is 11.6 Å². The summed E-state index contributed by atoms with van der Waals surface area (Å²) >= 11 is 5.85. The molecule has 0 spiro atoms. The highest BCUT2D eigenvalue weighted by Crippen LogP contribution is 2.21. The van der Waals surface area contributed by atoms with Gasteiger partial charge in [0.05, 0.1) is 6.20 Å². The summed E-state index contributed by atoms with van der Waals surface area (Å²) in [5.74, 6) is 0.788. The van der Waals surface area contributed by atoms with Gasteiger partial charge in [-0.1, -0.05) is 11.6 Å². The van der Waals surface area contributed by atoms with Crippen LogP contribution in [0.4, 0.5) is 10.6 Å². The Morgan fingerprint density at radius 2 is 2.18 bits per heavy atom. The number of carbonyl (C=O) groups is 1. The van der Waals surface area contributed by atoms with Gasteiger partial charge in [-0.05, 0) is 25.0 Å². The molecule has 2 aromatic heterocycles. The van der Waals surface area contributed by atoms with Crippen molar-refractivity contribution in [3.63, 3.8) is 0 Å². The summed E-state index contributed by atoms with van der Waals surface area (Å²) < 4.78 is 5.09. The van der Waals surface area contributed by atoms with Gasteiger partial charge in [0, 0.05) is 19.5 Å². The number of pyridine rings is 1. The van der Waals surface area contributed by atoms with Gasteiger partial charge in [-0.2, -0.15) is 0 Å². The fourth-order valence-corrected chi connectivity index (χ4v) is 2.74. The van der Waals surface area contributed by atoms with E-state index in [1.54, 1.807) is 18.3 Å². The number of hydrogen-bond donors (Lipinski definition) is 1. The molecule has 3 heterocycles. The summed E-state index contributed by atoms with van der Waals surface area (Å²) in [6.45, 7) is 1.57. The predicted molar refractivity (Wildman–Crippen MR) is 82.9 cm³/mol. The maximum atomic E-state index is 10.9. The lowest BCUT2D eigenvalue weighted by Crippen LogP contribution is -2.27. The minimum absolute atomic E-state index is 0.128. The van der Waals surface area contributed by atoms with Crippen molar-refractivity contribution >= 4 is 34.7 Å². The summed E-state index contributed by atoms with van der Waals surface area (Å²) in [7, 11) is 0. The van der Waals surface area contributed by atoms with Crippen molar-refractivity contribution in [1.82, 2.24) is 15.0 Å². The molecule has 1 aliphatic heterocycles. The number of aromatic nitrogens is 3. The minimum atomic E-state index is -0.716. The second-order valence-corrected chi connectivity index (χ2v) is 5.57. The first-order valence-electron chi connectivity index (χ1n) is 7.12. The summed E-state index contributed by atoms with van der Waals surface area (Å²) in [6, 6.07) is 3.50. The number of fused-ring (bicyclic) bond motifs is 1. The van der Waals surface area contributed by atoms with Crippen molar-refractivity contribution in [2.45, 2.75) is 25.4 Å². The fraction of sp³-hybridized carbons (Fsp3) is 0.429. The van der Waals surface area contributed by atoms with Crippen molar-refractivity contribution in [1.29, 1.82) is 0 Å². The highest BCUT2D eigenvalue weighted by Gasteiger charge is 2.20. The summed E-state index contributed by atoms with van der Waals surface area (Å²) in [5.41, 5.74) is 6.31. The first-order chi connectivity index (χ1) is 10.6. The average Bonchev–Trinajstić information content (AvgIpc) is 2.72. The summed E-state index contributed by atoms with van der Waals surface area (Å²) in [6.07, 6.45) is 3.28. The van der Waals surface area contributed by atoms with Crippen LogP contribution < -0.4 is 10.6 Å². The Morgan fingerprint density at radius 3 is 3.00 bits per heavy atom. The van der Waals surface area contributed by atoms with E-state index in [9.17, 15) is 4.79 Å². The van der Waals surface area contributed by atoms with E-state index in [1.807, 2.05) is 0 Å². The van der Waals surface area contributed by atoms with Crippen LogP contribution in [0.2, 0.25) is 5.15 Å². The normalized spacial score (nSPS) is 19.0. The zero-order valence-electron chi connectivity index (χ0n) is 11.9. The third-order valence-electron chi connectivity index (χ3n) is 3.64. The van der Waals surface area contributed by atoms with Crippen LogP contribution in [-0.4, -0.2) is 40.2 Å². The zero-order chi connectivity index (χ0) is 15.5. The molecule has 0 bridgehead atoms. The maximum absolute atomic E-state index is 10.9. The van der Waals surface area contributed by atoms with E-state index in [2.05, 4.69) is 19.9 Å². The largest absolute Gasteiger partial charge is 0.446 e. The van der Waals surface area contributed by atoms with Gasteiger partial charge < -0.3 is 15.4 Å². The van der Waals surface area contributed by atoms with Gasteiger partial charge in [-0.25, -0.2) is 19.7 Å². The number of anilines is 1. The van der Waals surface area contributed by atoms with E-state index < -0.39 is 6.09 Å². The van der Waals surface area contributed by atoms with Crippen molar-refractivity contribution in [2.75, 3.05) is 18.0 Å². The van der Waals surface area contributed by atoms with Crippen LogP contribution in [0.3, 0.4) is 0 Å². The Balaban J connectivity index is 1.76. The standard InChI is InChI=1S/C14H16ClN5O2/c15-11-4-3-10-13(19-11)17-8-12(18-10)20-6-1-2-9(5-7-20)22-14(16)21/h3-4,8-9H,1-2,5-7H2,(H2,16,21)/t9-/m0/s1. The highest BCUT2D eigenvalue weighted by molar-refractivity contribution is 6.29. The molecule has 1 aliphatic rings. The predicted octanol–water partition coefficient (Wildman–Crippen LogP) is 2.13. The van der Waals surface area contributed by atoms with Crippen molar-refractivity contribution in [2.24, 2.45) is 5.73 Å². The molecule has 1 fully saturated rings. The molecule has 0 aliphatic carbocycles. The third-order valence-corrected chi connectivity index (χ3v) is 3.85. The monoisotopic (exact) mass is 321 g/mol. The lowest BCUT2D eigenvalue weighted by molar-refractivity contribution is 0.0993. The van der Waals surface area contributed by atoms with Gasteiger partial charge in [0.25, 0.3) is 0 Å². The molecule has 1 amide bonds. The summed E-state index contributed by atoms with van der Waals surface area (Å²) in [4.78, 5) is 26.0. The Morgan fingerprint density at radius 1 is 1.32 bits per heavy atom. The number of ether oxygens (including phenoxy) is 1. The van der Waals surface area contributed by atoms with E-state index in [0.717, 1.165) is 38.2 Å². The molecule has 0 radical (unpaired) electrons. The molecule has 0 aromatic carbocycles. The van der Waals surface area contributed by atoms with E-state index in [0.29, 0.717) is 16.3 Å². The number of amides is 1. The lowest BCUT2D eigenvalue weighted by atomic mass is 10.2. The molecular formula is C14H16ClN5O2. The molecule has 116 valence electrons. The Hall–Kier alpha value is -2.15. The van der Waals surface area contributed by atoms with E-state index in [1.165, 1.54) is 0 Å². The van der Waals surface area contributed by atoms with Crippen LogP contribution in [0.15, 0.2) is 18.3 Å². The zero-order valence-corrected chi connectivity index (χ0v) is 12.7. The number of hydrogen-bond acceptors (Lipinski definition) is 6. The number of primary amides is 1. The fourth-order valence-electron chi connectivity index (χ4n) is 2.60. The number of halogens is 1. The van der Waals surface area contributed by atoms with Crippen LogP contribution in [0.5, 0.6) is 0 Å². The molecular weight excluding hydrogens is 306 g/mol. The van der Waals surface area contributed by atoms with Crippen LogP contribution in [0, 0.1) is 0 Å². The molecule has 0 saturated carbocycles. The Labute approximate surface area is 132 Å². The van der Waals surface area contributed by atoms with E-state index >= 15 is 0 Å². The van der Waals surface area contributed by atoms with Gasteiger partial charge >= 0.3 is 6.09 Å². The van der Waals surface area contributed by atoms with Crippen molar-refractivity contribution in [3.8, 4) is 0 Å². The molecule has 3 rings (SSSR count). The van der Waals surface area contributed by atoms with Gasteiger partial charge in [0.15, 0.2) is 5.65 Å². The molecule has 2 N–H and O–H groups in total. The van der Waals surface area contributed by atoms with Gasteiger partial charge in [-0.15, -0.1) is 0 Å². The molecule has 0 unspecified atom stereocenters. The van der Waals surface area contributed by atoms with Crippen molar-refractivity contribution < 1.29 is 9.53 Å². The Bertz CT molecular complexity index is 696. The minimum Gasteiger partial charge on any atom is -0.446 e. The van der Waals surface area contributed by atoms with Crippen LogP contribution in [-0.2, 0) is 4.74 Å². The van der Waals surface area contributed by atoms with E-state index in [4.69, 9.17) is 22.1 Å². The quantitative estimate of drug-likeness (QED) is 0.851. The Kier molecular flexibility index (Phi) is 4.24. The van der Waals surface area contributed by atoms with E-state index in [-0.39, 0.29) is 6.10 Å². The van der Waals surface area contributed by atoms with Crippen molar-refractivity contribution in [3.05, 3.63) is 23.5 Å². The molecule has 22 heavy (non-hydrogen) atoms. The van der Waals surface area contributed by atoms with Gasteiger partial charge in [-0.3, -0.25) is 0 Å². The first-order valence-corrected chi connectivity index (χ1v) is 7.50. The second kappa shape index (κ2) is 6.31. The number of nitrogens with two attached hydrogens (primary N) is 1. The topological polar surface area (TPSA) is 94.2 Å². The molecule has 2 aromatic rings. The maximum Gasteiger partial charge on any atom is 0.404 e. The van der Waals surface area contributed by atoms with Crippen LogP contribution in [0.1, 0.15) is 19.3 Å². The third kappa shape index (κ3) is 3.36. The van der Waals surface area contributed by atoms with Gasteiger partial charge in [0.1, 0.15) is 22.6 Å². The molecule has 1 atom stereocenters. The average molecular weight is 322 g/mol. The number of rotatable bonds is 2. The SMILES string of the molecule is NC(=O)O[C@H]1CCCN(c2cnc3nc(Cl)ccc3n2)CC1. The van der Waals surface area contributed by atoms with Gasteiger partial charge in [0.2, 0.25) is 0 Å². The first kappa shape index (κ1) is 14.8. The molecule has 1 saturated heterocycles. The number of nitrogens with zero attached hydrogens (tertiary/aromatic N) is 4. The molecule has 8 heteroatoms. The molecule has 7 nitrogen and oxygen atoms in total. The lowest BCUT2D eigenvalue weighted by Gasteiger charge is -2.21. The van der Waals surface area contributed by atoms with Crippen LogP contribution in [0.25, 0.3) is 11.2 Å². The second-order valence-electron chi connectivity index (χ2n) is 5.18.